The number of hydrogen-bond donors (Lipinski definition) is 1. The van der Waals surface area contributed by atoms with Crippen LogP contribution in [0.15, 0.2) is 24.3 Å². The van der Waals surface area contributed by atoms with Gasteiger partial charge in [0.15, 0.2) is 0 Å². The highest BCUT2D eigenvalue weighted by Crippen LogP contribution is 2.20. The first-order valence-electron chi connectivity index (χ1n) is 5.91. The monoisotopic (exact) mass is 235 g/mol. The van der Waals surface area contributed by atoms with E-state index in [0.717, 1.165) is 12.0 Å². The molecule has 0 fully saturated rings. The minimum atomic E-state index is -0.858. The van der Waals surface area contributed by atoms with Crippen LogP contribution in [0.3, 0.4) is 0 Å². The minimum Gasteiger partial charge on any atom is -0.478 e. The standard InChI is InChI=1S/C14H21NO2/c1-5-14(2,3)15(4)10-11-8-6-7-9-12(11)13(16)17/h6-9H,5,10H2,1-4H3,(H,16,17). The van der Waals surface area contributed by atoms with Crippen molar-refractivity contribution >= 4 is 5.97 Å². The second-order valence-electron chi connectivity index (χ2n) is 4.98. The molecule has 0 amide bonds. The van der Waals surface area contributed by atoms with Crippen molar-refractivity contribution in [3.05, 3.63) is 35.4 Å². The lowest BCUT2D eigenvalue weighted by Gasteiger charge is -2.35. The molecule has 17 heavy (non-hydrogen) atoms. The molecule has 0 aromatic heterocycles. The van der Waals surface area contributed by atoms with Crippen LogP contribution in [0, 0.1) is 0 Å². The Balaban J connectivity index is 2.92. The van der Waals surface area contributed by atoms with E-state index in [-0.39, 0.29) is 5.54 Å². The Bertz CT molecular complexity index is 399. The van der Waals surface area contributed by atoms with Crippen molar-refractivity contribution < 1.29 is 9.90 Å². The Morgan fingerprint density at radius 1 is 1.35 bits per heavy atom. The largest absolute Gasteiger partial charge is 0.478 e. The summed E-state index contributed by atoms with van der Waals surface area (Å²) in [6, 6.07) is 7.18. The summed E-state index contributed by atoms with van der Waals surface area (Å²) in [6.45, 7) is 7.12. The van der Waals surface area contributed by atoms with E-state index in [1.54, 1.807) is 12.1 Å². The summed E-state index contributed by atoms with van der Waals surface area (Å²) in [6.07, 6.45) is 1.03. The summed E-state index contributed by atoms with van der Waals surface area (Å²) in [7, 11) is 2.03. The molecule has 94 valence electrons. The third-order valence-corrected chi connectivity index (χ3v) is 3.55. The molecule has 0 heterocycles. The number of carboxylic acid groups (broad SMARTS) is 1. The zero-order chi connectivity index (χ0) is 13.1. The summed E-state index contributed by atoms with van der Waals surface area (Å²) in [5, 5.41) is 9.12. The van der Waals surface area contributed by atoms with Crippen molar-refractivity contribution in [2.24, 2.45) is 0 Å². The molecule has 3 nitrogen and oxygen atoms in total. The maximum Gasteiger partial charge on any atom is 0.336 e. The number of nitrogens with zero attached hydrogens (tertiary/aromatic N) is 1. The van der Waals surface area contributed by atoms with E-state index in [1.807, 2.05) is 19.2 Å². The maximum absolute atomic E-state index is 11.1. The minimum absolute atomic E-state index is 0.0750. The van der Waals surface area contributed by atoms with Gasteiger partial charge in [0.2, 0.25) is 0 Å². The van der Waals surface area contributed by atoms with Crippen LogP contribution >= 0.6 is 0 Å². The third kappa shape index (κ3) is 3.30. The van der Waals surface area contributed by atoms with Crippen molar-refractivity contribution in [2.75, 3.05) is 7.05 Å². The molecule has 0 bridgehead atoms. The fourth-order valence-corrected chi connectivity index (χ4v) is 1.61. The van der Waals surface area contributed by atoms with E-state index in [1.165, 1.54) is 0 Å². The Hall–Kier alpha value is -1.35. The van der Waals surface area contributed by atoms with Gasteiger partial charge in [0.1, 0.15) is 0 Å². The molecule has 0 aliphatic carbocycles. The predicted molar refractivity (Wildman–Crippen MR) is 69.2 cm³/mol. The number of carboxylic acids is 1. The molecule has 1 N–H and O–H groups in total. The fraction of sp³-hybridized carbons (Fsp3) is 0.500. The van der Waals surface area contributed by atoms with E-state index in [4.69, 9.17) is 5.11 Å². The molecule has 3 heteroatoms. The number of hydrogen-bond acceptors (Lipinski definition) is 2. The lowest BCUT2D eigenvalue weighted by molar-refractivity contribution is 0.0692. The molecule has 0 unspecified atom stereocenters. The molecule has 0 radical (unpaired) electrons. The summed E-state index contributed by atoms with van der Waals surface area (Å²) in [5.41, 5.74) is 1.33. The first-order chi connectivity index (χ1) is 7.88. The summed E-state index contributed by atoms with van der Waals surface area (Å²) in [4.78, 5) is 13.3. The molecule has 0 aliphatic rings. The maximum atomic E-state index is 11.1. The average Bonchev–Trinajstić information content (AvgIpc) is 2.29. The van der Waals surface area contributed by atoms with Gasteiger partial charge >= 0.3 is 5.97 Å². The van der Waals surface area contributed by atoms with E-state index in [0.29, 0.717) is 12.1 Å². The van der Waals surface area contributed by atoms with Crippen LogP contribution in [-0.2, 0) is 6.54 Å². The van der Waals surface area contributed by atoms with E-state index in [9.17, 15) is 4.79 Å². The third-order valence-electron chi connectivity index (χ3n) is 3.55. The molecule has 1 aromatic rings. The second-order valence-corrected chi connectivity index (χ2v) is 4.98. The van der Waals surface area contributed by atoms with Crippen LogP contribution in [-0.4, -0.2) is 28.6 Å². The van der Waals surface area contributed by atoms with Crippen molar-refractivity contribution in [1.82, 2.24) is 4.90 Å². The Morgan fingerprint density at radius 2 is 1.94 bits per heavy atom. The Labute approximate surface area is 103 Å². The normalized spacial score (nSPS) is 11.8. The first kappa shape index (κ1) is 13.7. The van der Waals surface area contributed by atoms with Crippen LogP contribution in [0.25, 0.3) is 0 Å². The van der Waals surface area contributed by atoms with E-state index in [2.05, 4.69) is 25.7 Å². The van der Waals surface area contributed by atoms with Gasteiger partial charge < -0.3 is 5.11 Å². The van der Waals surface area contributed by atoms with Gasteiger partial charge in [-0.3, -0.25) is 4.90 Å². The zero-order valence-electron chi connectivity index (χ0n) is 11.0. The van der Waals surface area contributed by atoms with Crippen molar-refractivity contribution in [3.63, 3.8) is 0 Å². The Kier molecular flexibility index (Phi) is 4.29. The average molecular weight is 235 g/mol. The van der Waals surface area contributed by atoms with Crippen molar-refractivity contribution in [2.45, 2.75) is 39.3 Å². The van der Waals surface area contributed by atoms with Crippen LogP contribution in [0.1, 0.15) is 43.1 Å². The predicted octanol–water partition coefficient (Wildman–Crippen LogP) is 3.01. The molecule has 0 saturated carbocycles. The van der Waals surface area contributed by atoms with Crippen LogP contribution < -0.4 is 0 Å². The quantitative estimate of drug-likeness (QED) is 0.853. The summed E-state index contributed by atoms with van der Waals surface area (Å²) in [5.74, 6) is -0.858. The summed E-state index contributed by atoms with van der Waals surface area (Å²) >= 11 is 0. The molecule has 0 saturated heterocycles. The van der Waals surface area contributed by atoms with Gasteiger partial charge in [-0.15, -0.1) is 0 Å². The SMILES string of the molecule is CCC(C)(C)N(C)Cc1ccccc1C(=O)O. The van der Waals surface area contributed by atoms with Crippen LogP contribution in [0.5, 0.6) is 0 Å². The molecule has 1 rings (SSSR count). The van der Waals surface area contributed by atoms with Gasteiger partial charge in [0.25, 0.3) is 0 Å². The molecular formula is C14H21NO2. The lowest BCUT2D eigenvalue weighted by atomic mass is 9.98. The topological polar surface area (TPSA) is 40.5 Å². The number of rotatable bonds is 5. The first-order valence-corrected chi connectivity index (χ1v) is 5.91. The van der Waals surface area contributed by atoms with Gasteiger partial charge in [0, 0.05) is 12.1 Å². The fourth-order valence-electron chi connectivity index (χ4n) is 1.61. The number of benzene rings is 1. The zero-order valence-corrected chi connectivity index (χ0v) is 11.0. The molecule has 1 aromatic carbocycles. The summed E-state index contributed by atoms with van der Waals surface area (Å²) < 4.78 is 0. The van der Waals surface area contributed by atoms with Crippen LogP contribution in [0.2, 0.25) is 0 Å². The highest BCUT2D eigenvalue weighted by atomic mass is 16.4. The van der Waals surface area contributed by atoms with E-state index < -0.39 is 5.97 Å². The molecule has 0 spiro atoms. The van der Waals surface area contributed by atoms with Gasteiger partial charge in [0.05, 0.1) is 5.56 Å². The molecule has 0 aliphatic heterocycles. The van der Waals surface area contributed by atoms with Gasteiger partial charge in [-0.2, -0.15) is 0 Å². The second kappa shape index (κ2) is 5.32. The number of carbonyl (C=O) groups is 1. The van der Waals surface area contributed by atoms with Crippen LogP contribution in [0.4, 0.5) is 0 Å². The van der Waals surface area contributed by atoms with Gasteiger partial charge in [-0.05, 0) is 38.9 Å². The van der Waals surface area contributed by atoms with Crippen molar-refractivity contribution in [3.8, 4) is 0 Å². The molecular weight excluding hydrogens is 214 g/mol. The lowest BCUT2D eigenvalue weighted by Crippen LogP contribution is -2.40. The van der Waals surface area contributed by atoms with E-state index >= 15 is 0 Å². The highest BCUT2D eigenvalue weighted by Gasteiger charge is 2.22. The number of aromatic carboxylic acids is 1. The Morgan fingerprint density at radius 3 is 2.47 bits per heavy atom. The van der Waals surface area contributed by atoms with Gasteiger partial charge in [-0.25, -0.2) is 4.79 Å². The smallest absolute Gasteiger partial charge is 0.336 e. The van der Waals surface area contributed by atoms with Gasteiger partial charge in [-0.1, -0.05) is 25.1 Å². The van der Waals surface area contributed by atoms with Crippen molar-refractivity contribution in [1.29, 1.82) is 0 Å². The highest BCUT2D eigenvalue weighted by molar-refractivity contribution is 5.89. The molecule has 0 atom stereocenters.